The van der Waals surface area contributed by atoms with E-state index in [2.05, 4.69) is 4.42 Å². The summed E-state index contributed by atoms with van der Waals surface area (Å²) in [7, 11) is 0. The van der Waals surface area contributed by atoms with E-state index in [1.165, 1.54) is 6.26 Å². The van der Waals surface area contributed by atoms with Crippen molar-refractivity contribution in [2.24, 2.45) is 0 Å². The SMILES string of the molecule is O=[N+]([O-])c1occc1I. The molecule has 1 aromatic rings. The number of furan rings is 1. The Kier molecular flexibility index (Phi) is 1.70. The van der Waals surface area contributed by atoms with Gasteiger partial charge in [0.15, 0.2) is 0 Å². The molecule has 0 bridgehead atoms. The first-order valence-corrected chi connectivity index (χ1v) is 3.17. The summed E-state index contributed by atoms with van der Waals surface area (Å²) in [6, 6.07) is 1.54. The van der Waals surface area contributed by atoms with E-state index >= 15 is 0 Å². The first-order valence-electron chi connectivity index (χ1n) is 2.09. The van der Waals surface area contributed by atoms with Crippen LogP contribution >= 0.6 is 22.6 Å². The van der Waals surface area contributed by atoms with Gasteiger partial charge in [-0.25, -0.2) is 0 Å². The van der Waals surface area contributed by atoms with Crippen LogP contribution in [-0.4, -0.2) is 4.92 Å². The molecule has 0 saturated carbocycles. The number of hydrogen-bond acceptors (Lipinski definition) is 3. The van der Waals surface area contributed by atoms with Crippen molar-refractivity contribution in [3.63, 3.8) is 0 Å². The minimum absolute atomic E-state index is 0.185. The molecule has 0 aromatic carbocycles. The van der Waals surface area contributed by atoms with E-state index in [9.17, 15) is 10.1 Å². The fourth-order valence-corrected chi connectivity index (χ4v) is 0.887. The van der Waals surface area contributed by atoms with Crippen molar-refractivity contribution >= 4 is 28.5 Å². The second-order valence-corrected chi connectivity index (χ2v) is 2.49. The van der Waals surface area contributed by atoms with Gasteiger partial charge in [0.1, 0.15) is 8.49 Å². The van der Waals surface area contributed by atoms with Crippen LogP contribution < -0.4 is 0 Å². The van der Waals surface area contributed by atoms with Gasteiger partial charge in [0.2, 0.25) is 0 Å². The Balaban J connectivity index is 3.08. The van der Waals surface area contributed by atoms with Crippen LogP contribution in [0, 0.1) is 13.7 Å². The van der Waals surface area contributed by atoms with Gasteiger partial charge in [-0.2, -0.15) is 0 Å². The Bertz CT molecular complexity index is 231. The van der Waals surface area contributed by atoms with E-state index in [-0.39, 0.29) is 5.88 Å². The summed E-state index contributed by atoms with van der Waals surface area (Å²) >= 11 is 1.84. The fraction of sp³-hybridized carbons (Fsp3) is 0. The molecular formula is C4H2INO3. The highest BCUT2D eigenvalue weighted by molar-refractivity contribution is 14.1. The zero-order valence-electron chi connectivity index (χ0n) is 4.20. The molecule has 9 heavy (non-hydrogen) atoms. The minimum atomic E-state index is -0.554. The summed E-state index contributed by atoms with van der Waals surface area (Å²) in [5, 5.41) is 9.99. The van der Waals surface area contributed by atoms with E-state index in [4.69, 9.17) is 0 Å². The lowest BCUT2D eigenvalue weighted by molar-refractivity contribution is -0.403. The minimum Gasteiger partial charge on any atom is -0.408 e. The second kappa shape index (κ2) is 2.34. The predicted octanol–water partition coefficient (Wildman–Crippen LogP) is 1.79. The number of nitro groups is 1. The zero-order valence-corrected chi connectivity index (χ0v) is 6.36. The maximum absolute atomic E-state index is 9.99. The van der Waals surface area contributed by atoms with Gasteiger partial charge in [-0.3, -0.25) is 10.1 Å². The second-order valence-electron chi connectivity index (χ2n) is 1.33. The summed E-state index contributed by atoms with van der Waals surface area (Å²) in [6.07, 6.45) is 1.29. The van der Waals surface area contributed by atoms with Crippen LogP contribution in [0.1, 0.15) is 0 Å². The summed E-state index contributed by atoms with van der Waals surface area (Å²) in [4.78, 5) is 9.44. The van der Waals surface area contributed by atoms with Crippen LogP contribution in [0.15, 0.2) is 16.7 Å². The molecule has 0 radical (unpaired) electrons. The molecule has 0 atom stereocenters. The number of hydrogen-bond donors (Lipinski definition) is 0. The summed E-state index contributed by atoms with van der Waals surface area (Å²) in [5.41, 5.74) is 0. The normalized spacial score (nSPS) is 9.44. The molecule has 0 aliphatic heterocycles. The maximum atomic E-state index is 9.99. The average molecular weight is 239 g/mol. The van der Waals surface area contributed by atoms with Crippen molar-refractivity contribution in [2.45, 2.75) is 0 Å². The van der Waals surface area contributed by atoms with Crippen LogP contribution in [0.5, 0.6) is 0 Å². The number of rotatable bonds is 1. The van der Waals surface area contributed by atoms with Gasteiger partial charge in [0.05, 0.1) is 6.26 Å². The van der Waals surface area contributed by atoms with E-state index in [1.54, 1.807) is 6.07 Å². The Labute approximate surface area is 64.1 Å². The Morgan fingerprint density at radius 2 is 2.44 bits per heavy atom. The van der Waals surface area contributed by atoms with Crippen molar-refractivity contribution in [3.05, 3.63) is 26.0 Å². The smallest absolute Gasteiger partial charge is 0.408 e. The number of halogens is 1. The Morgan fingerprint density at radius 1 is 1.78 bits per heavy atom. The summed E-state index contributed by atoms with van der Waals surface area (Å²) < 4.78 is 5.04. The van der Waals surface area contributed by atoms with Crippen molar-refractivity contribution < 1.29 is 9.34 Å². The highest BCUT2D eigenvalue weighted by Crippen LogP contribution is 2.20. The van der Waals surface area contributed by atoms with Crippen LogP contribution in [0.2, 0.25) is 0 Å². The molecular weight excluding hydrogens is 237 g/mol. The molecule has 1 rings (SSSR count). The molecule has 0 amide bonds. The van der Waals surface area contributed by atoms with Crippen LogP contribution in [0.3, 0.4) is 0 Å². The van der Waals surface area contributed by atoms with Crippen LogP contribution in [0.4, 0.5) is 5.88 Å². The van der Waals surface area contributed by atoms with Gasteiger partial charge in [0, 0.05) is 0 Å². The largest absolute Gasteiger partial charge is 0.446 e. The fourth-order valence-electron chi connectivity index (χ4n) is 0.416. The Hall–Kier alpha value is -0.590. The van der Waals surface area contributed by atoms with E-state index in [0.29, 0.717) is 3.57 Å². The molecule has 0 saturated heterocycles. The van der Waals surface area contributed by atoms with Crippen molar-refractivity contribution in [2.75, 3.05) is 0 Å². The standard InChI is InChI=1S/C4H2INO3/c5-3-1-2-9-4(3)6(7)8/h1-2H. The van der Waals surface area contributed by atoms with Crippen LogP contribution in [-0.2, 0) is 0 Å². The van der Waals surface area contributed by atoms with E-state index in [1.807, 2.05) is 22.6 Å². The van der Waals surface area contributed by atoms with Crippen LogP contribution in [0.25, 0.3) is 0 Å². The van der Waals surface area contributed by atoms with Gasteiger partial charge in [-0.15, -0.1) is 0 Å². The lowest BCUT2D eigenvalue weighted by atomic mass is 10.6. The zero-order chi connectivity index (χ0) is 6.85. The molecule has 5 heteroatoms. The van der Waals surface area contributed by atoms with Gasteiger partial charge < -0.3 is 4.42 Å². The van der Waals surface area contributed by atoms with Gasteiger partial charge in [0.25, 0.3) is 0 Å². The molecule has 0 unspecified atom stereocenters. The first kappa shape index (κ1) is 6.53. The molecule has 48 valence electrons. The molecule has 0 aliphatic rings. The predicted molar refractivity (Wildman–Crippen MR) is 38.1 cm³/mol. The average Bonchev–Trinajstić information content (AvgIpc) is 2.13. The third-order valence-corrected chi connectivity index (χ3v) is 1.59. The molecule has 0 aliphatic carbocycles. The van der Waals surface area contributed by atoms with Crippen molar-refractivity contribution in [1.29, 1.82) is 0 Å². The lowest BCUT2D eigenvalue weighted by Crippen LogP contribution is -1.85. The summed E-state index contributed by atoms with van der Waals surface area (Å²) in [6.45, 7) is 0. The highest BCUT2D eigenvalue weighted by atomic mass is 127. The molecule has 0 N–H and O–H groups in total. The Morgan fingerprint density at radius 3 is 2.67 bits per heavy atom. The first-order chi connectivity index (χ1) is 4.22. The third-order valence-electron chi connectivity index (χ3n) is 0.764. The maximum Gasteiger partial charge on any atom is 0.446 e. The third kappa shape index (κ3) is 1.21. The molecule has 0 spiro atoms. The molecule has 0 fully saturated rings. The molecule has 1 heterocycles. The van der Waals surface area contributed by atoms with E-state index in [0.717, 1.165) is 0 Å². The highest BCUT2D eigenvalue weighted by Gasteiger charge is 2.13. The topological polar surface area (TPSA) is 56.3 Å². The van der Waals surface area contributed by atoms with Crippen molar-refractivity contribution in [1.82, 2.24) is 0 Å². The monoisotopic (exact) mass is 239 g/mol. The van der Waals surface area contributed by atoms with Gasteiger partial charge in [-0.05, 0) is 28.7 Å². The lowest BCUT2D eigenvalue weighted by Gasteiger charge is -1.80. The van der Waals surface area contributed by atoms with E-state index < -0.39 is 4.92 Å². The summed E-state index contributed by atoms with van der Waals surface area (Å²) in [5.74, 6) is -0.185. The van der Waals surface area contributed by atoms with Crippen molar-refractivity contribution in [3.8, 4) is 0 Å². The van der Waals surface area contributed by atoms with Gasteiger partial charge in [-0.1, -0.05) is 0 Å². The quantitative estimate of drug-likeness (QED) is 0.426. The molecule has 4 nitrogen and oxygen atoms in total. The van der Waals surface area contributed by atoms with Gasteiger partial charge >= 0.3 is 5.88 Å². The molecule has 1 aromatic heterocycles. The number of nitrogens with zero attached hydrogens (tertiary/aromatic N) is 1.